The monoisotopic (exact) mass is 390 g/mol. The summed E-state index contributed by atoms with van der Waals surface area (Å²) in [7, 11) is 0. The molecule has 4 rings (SSSR count). The van der Waals surface area contributed by atoms with Gasteiger partial charge in [-0.1, -0.05) is 11.6 Å². The van der Waals surface area contributed by atoms with Crippen LogP contribution < -0.4 is 5.32 Å². The molecule has 0 saturated carbocycles. The number of nitrogens with zero attached hydrogens (tertiary/aromatic N) is 5. The van der Waals surface area contributed by atoms with E-state index in [9.17, 15) is 9.18 Å². The van der Waals surface area contributed by atoms with Gasteiger partial charge >= 0.3 is 6.03 Å². The number of carbonyl (C=O) groups is 1. The molecule has 142 valence electrons. The lowest BCUT2D eigenvalue weighted by molar-refractivity contribution is 0.166. The molecule has 0 unspecified atom stereocenters. The molecule has 0 aliphatic carbocycles. The first-order chi connectivity index (χ1) is 13.0. The van der Waals surface area contributed by atoms with Crippen LogP contribution in [0.2, 0.25) is 5.02 Å². The fourth-order valence-corrected chi connectivity index (χ4v) is 3.48. The van der Waals surface area contributed by atoms with E-state index in [0.29, 0.717) is 31.2 Å². The van der Waals surface area contributed by atoms with E-state index in [-0.39, 0.29) is 17.8 Å². The second kappa shape index (κ2) is 7.19. The number of piperazine rings is 1. The summed E-state index contributed by atoms with van der Waals surface area (Å²) >= 11 is 5.74. The molecular weight excluding hydrogens is 371 g/mol. The number of aliphatic imine (C=N–C) groups is 2. The Balaban J connectivity index is 1.35. The predicted octanol–water partition coefficient (Wildman–Crippen LogP) is 2.61. The fourth-order valence-electron chi connectivity index (χ4n) is 3.32. The highest BCUT2D eigenvalue weighted by Gasteiger charge is 2.27. The van der Waals surface area contributed by atoms with E-state index in [1.165, 1.54) is 12.1 Å². The second-order valence-corrected chi connectivity index (χ2v) is 7.20. The molecule has 0 radical (unpaired) electrons. The molecule has 1 aromatic rings. The van der Waals surface area contributed by atoms with Crippen LogP contribution in [0.15, 0.2) is 40.1 Å². The molecule has 1 saturated heterocycles. The Morgan fingerprint density at radius 3 is 2.81 bits per heavy atom. The number of halogens is 2. The molecule has 27 heavy (non-hydrogen) atoms. The zero-order chi connectivity index (χ0) is 19.0. The van der Waals surface area contributed by atoms with E-state index in [1.807, 2.05) is 17.3 Å². The predicted molar refractivity (Wildman–Crippen MR) is 104 cm³/mol. The number of amides is 2. The Hall–Kier alpha value is -2.61. The van der Waals surface area contributed by atoms with Gasteiger partial charge in [-0.3, -0.25) is 4.99 Å². The van der Waals surface area contributed by atoms with Crippen molar-refractivity contribution >= 4 is 35.5 Å². The van der Waals surface area contributed by atoms with Gasteiger partial charge in [0.05, 0.1) is 18.1 Å². The summed E-state index contributed by atoms with van der Waals surface area (Å²) in [5, 5.41) is 2.89. The van der Waals surface area contributed by atoms with Crippen LogP contribution in [0.25, 0.3) is 0 Å². The minimum absolute atomic E-state index is 0.125. The number of nitrogens with one attached hydrogen (secondary N) is 1. The van der Waals surface area contributed by atoms with Gasteiger partial charge in [0.25, 0.3) is 0 Å². The molecule has 1 fully saturated rings. The largest absolute Gasteiger partial charge is 0.353 e. The molecule has 1 atom stereocenters. The van der Waals surface area contributed by atoms with Crippen molar-refractivity contribution in [1.29, 1.82) is 0 Å². The van der Waals surface area contributed by atoms with Gasteiger partial charge in [0.15, 0.2) is 0 Å². The van der Waals surface area contributed by atoms with Gasteiger partial charge in [0, 0.05) is 43.8 Å². The number of anilines is 1. The Morgan fingerprint density at radius 1 is 1.30 bits per heavy atom. The number of urea groups is 1. The molecule has 0 bridgehead atoms. The van der Waals surface area contributed by atoms with Crippen LogP contribution in [0.1, 0.15) is 6.92 Å². The van der Waals surface area contributed by atoms with Crippen molar-refractivity contribution in [2.75, 3.05) is 38.0 Å². The Kier molecular flexibility index (Phi) is 4.73. The minimum atomic E-state index is -0.549. The molecule has 9 heteroatoms. The number of hydrogen-bond donors (Lipinski definition) is 1. The van der Waals surface area contributed by atoms with Crippen molar-refractivity contribution in [2.24, 2.45) is 9.98 Å². The molecule has 2 amide bonds. The topological polar surface area (TPSA) is 63.5 Å². The van der Waals surface area contributed by atoms with Gasteiger partial charge in [-0.25, -0.2) is 14.2 Å². The van der Waals surface area contributed by atoms with E-state index < -0.39 is 5.82 Å². The van der Waals surface area contributed by atoms with Crippen molar-refractivity contribution in [3.63, 3.8) is 0 Å². The van der Waals surface area contributed by atoms with E-state index in [4.69, 9.17) is 11.6 Å². The van der Waals surface area contributed by atoms with Crippen LogP contribution >= 0.6 is 11.6 Å². The first kappa shape index (κ1) is 17.8. The third-order valence-corrected chi connectivity index (χ3v) is 4.99. The fraction of sp³-hybridized carbons (Fsp3) is 0.389. The molecule has 1 aromatic carbocycles. The molecule has 1 N–H and O–H groups in total. The van der Waals surface area contributed by atoms with Gasteiger partial charge in [0.1, 0.15) is 17.5 Å². The van der Waals surface area contributed by atoms with Gasteiger partial charge in [0.2, 0.25) is 0 Å². The zero-order valence-corrected chi connectivity index (χ0v) is 15.7. The highest BCUT2D eigenvalue weighted by atomic mass is 35.5. The summed E-state index contributed by atoms with van der Waals surface area (Å²) < 4.78 is 13.9. The van der Waals surface area contributed by atoms with Gasteiger partial charge in [-0.2, -0.15) is 0 Å². The molecule has 3 heterocycles. The summed E-state index contributed by atoms with van der Waals surface area (Å²) in [6.07, 6.45) is 3.81. The number of amidine groups is 1. The van der Waals surface area contributed by atoms with E-state index in [2.05, 4.69) is 27.1 Å². The first-order valence-corrected chi connectivity index (χ1v) is 9.23. The Labute approximate surface area is 161 Å². The number of rotatable bonds is 2. The maximum atomic E-state index is 13.9. The SMILES string of the molecule is C[C@@H]1CN2C=NC(N3CCN(C(=O)Nc4ccc(Cl)cc4F)CC3)=CC2=N1. The quantitative estimate of drug-likeness (QED) is 0.844. The summed E-state index contributed by atoms with van der Waals surface area (Å²) in [6.45, 7) is 5.30. The summed E-state index contributed by atoms with van der Waals surface area (Å²) in [4.78, 5) is 27.3. The molecule has 7 nitrogen and oxygen atoms in total. The number of benzene rings is 1. The standard InChI is InChI=1S/C18H20ClFN6O/c1-12-10-26-11-21-16(9-17(26)22-12)24-4-6-25(7-5-24)18(27)23-15-3-2-13(19)8-14(15)20/h2-3,8-9,11-12H,4-7,10H2,1H3,(H,23,27)/t12-/m1/s1. The van der Waals surface area contributed by atoms with Crippen molar-refractivity contribution in [3.8, 4) is 0 Å². The molecule has 0 spiro atoms. The first-order valence-electron chi connectivity index (χ1n) is 8.86. The summed E-state index contributed by atoms with van der Waals surface area (Å²) in [5.41, 5.74) is 0.125. The lowest BCUT2D eigenvalue weighted by atomic mass is 10.3. The summed E-state index contributed by atoms with van der Waals surface area (Å²) in [6, 6.07) is 4.14. The van der Waals surface area contributed by atoms with Crippen molar-refractivity contribution in [1.82, 2.24) is 14.7 Å². The Morgan fingerprint density at radius 2 is 2.07 bits per heavy atom. The van der Waals surface area contributed by atoms with E-state index in [1.54, 1.807) is 11.0 Å². The number of hydrogen-bond acceptors (Lipinski definition) is 5. The van der Waals surface area contributed by atoms with Crippen LogP contribution in [0, 0.1) is 5.82 Å². The van der Waals surface area contributed by atoms with Crippen LogP contribution in [0.5, 0.6) is 0 Å². The third kappa shape index (κ3) is 3.75. The lowest BCUT2D eigenvalue weighted by Gasteiger charge is -2.36. The van der Waals surface area contributed by atoms with Crippen LogP contribution in [0.4, 0.5) is 14.9 Å². The van der Waals surface area contributed by atoms with Crippen molar-refractivity contribution in [2.45, 2.75) is 13.0 Å². The number of carbonyl (C=O) groups excluding carboxylic acids is 1. The molecule has 3 aliphatic rings. The average molecular weight is 391 g/mol. The molecule has 3 aliphatic heterocycles. The van der Waals surface area contributed by atoms with Crippen molar-refractivity contribution in [3.05, 3.63) is 40.9 Å². The van der Waals surface area contributed by atoms with Crippen LogP contribution in [-0.4, -0.2) is 71.7 Å². The smallest absolute Gasteiger partial charge is 0.322 e. The third-order valence-electron chi connectivity index (χ3n) is 4.76. The summed E-state index contributed by atoms with van der Waals surface area (Å²) in [5.74, 6) is 1.25. The maximum Gasteiger partial charge on any atom is 0.322 e. The number of fused-ring (bicyclic) bond motifs is 1. The van der Waals surface area contributed by atoms with E-state index >= 15 is 0 Å². The minimum Gasteiger partial charge on any atom is -0.353 e. The van der Waals surface area contributed by atoms with Crippen LogP contribution in [0.3, 0.4) is 0 Å². The molecule has 0 aromatic heterocycles. The van der Waals surface area contributed by atoms with Crippen molar-refractivity contribution < 1.29 is 9.18 Å². The normalized spacial score (nSPS) is 21.7. The average Bonchev–Trinajstić information content (AvgIpc) is 3.03. The maximum absolute atomic E-state index is 13.9. The van der Waals surface area contributed by atoms with Gasteiger partial charge < -0.3 is 20.0 Å². The molecular formula is C18H20ClFN6O. The Bertz CT molecular complexity index is 846. The zero-order valence-electron chi connectivity index (χ0n) is 14.9. The highest BCUT2D eigenvalue weighted by Crippen LogP contribution is 2.21. The van der Waals surface area contributed by atoms with Crippen LogP contribution in [-0.2, 0) is 0 Å². The van der Waals surface area contributed by atoms with Gasteiger partial charge in [-0.15, -0.1) is 0 Å². The lowest BCUT2D eigenvalue weighted by Crippen LogP contribution is -2.50. The second-order valence-electron chi connectivity index (χ2n) is 6.76. The highest BCUT2D eigenvalue weighted by molar-refractivity contribution is 6.30. The van der Waals surface area contributed by atoms with E-state index in [0.717, 1.165) is 18.2 Å². The van der Waals surface area contributed by atoms with Gasteiger partial charge in [-0.05, 0) is 25.1 Å².